The van der Waals surface area contributed by atoms with Crippen LogP contribution in [0.1, 0.15) is 31.7 Å². The third kappa shape index (κ3) is 5.70. The number of hydrogen-bond donors (Lipinski definition) is 2. The Hall–Kier alpha value is -3.09. The first-order valence-corrected chi connectivity index (χ1v) is 9.83. The first kappa shape index (κ1) is 19.7. The number of benzene rings is 1. The molecule has 3 aromatic rings. The van der Waals surface area contributed by atoms with E-state index in [-0.39, 0.29) is 0 Å². The van der Waals surface area contributed by atoms with E-state index < -0.39 is 0 Å². The highest BCUT2D eigenvalue weighted by Gasteiger charge is 2.08. The highest BCUT2D eigenvalue weighted by molar-refractivity contribution is 5.79. The van der Waals surface area contributed by atoms with Gasteiger partial charge in [0.2, 0.25) is 0 Å². The molecule has 0 radical (unpaired) electrons. The summed E-state index contributed by atoms with van der Waals surface area (Å²) in [5.41, 5.74) is 2.02. The van der Waals surface area contributed by atoms with Crippen LogP contribution in [0.15, 0.2) is 58.3 Å². The molecule has 7 heteroatoms. The maximum Gasteiger partial charge on any atom is 0.257 e. The van der Waals surface area contributed by atoms with Crippen LogP contribution in [0, 0.1) is 0 Å². The molecule has 0 aliphatic carbocycles. The van der Waals surface area contributed by atoms with Gasteiger partial charge in [0, 0.05) is 44.0 Å². The second-order valence-corrected chi connectivity index (χ2v) is 6.51. The van der Waals surface area contributed by atoms with Crippen LogP contribution in [0.2, 0.25) is 0 Å². The average molecular weight is 380 g/mol. The molecule has 0 spiro atoms. The molecule has 7 nitrogen and oxygen atoms in total. The fourth-order valence-electron chi connectivity index (χ4n) is 2.83. The number of rotatable bonds is 9. The summed E-state index contributed by atoms with van der Waals surface area (Å²) in [5, 5.41) is 10.7. The first-order chi connectivity index (χ1) is 13.8. The zero-order chi connectivity index (χ0) is 19.6. The van der Waals surface area contributed by atoms with Crippen LogP contribution in [0.5, 0.6) is 0 Å². The number of guanidine groups is 1. The fourth-order valence-corrected chi connectivity index (χ4v) is 2.83. The van der Waals surface area contributed by atoms with Gasteiger partial charge in [-0.05, 0) is 43.2 Å². The van der Waals surface area contributed by atoms with E-state index in [1.807, 2.05) is 24.3 Å². The van der Waals surface area contributed by atoms with Crippen molar-refractivity contribution in [2.24, 2.45) is 4.99 Å². The van der Waals surface area contributed by atoms with Gasteiger partial charge in [-0.2, -0.15) is 4.98 Å². The second kappa shape index (κ2) is 10.3. The Labute approximate surface area is 165 Å². The Morgan fingerprint density at radius 2 is 2.00 bits per heavy atom. The maximum atomic E-state index is 5.39. The number of aliphatic imine (C=N–C) groups is 1. The van der Waals surface area contributed by atoms with Gasteiger partial charge in [0.1, 0.15) is 0 Å². The van der Waals surface area contributed by atoms with Crippen molar-refractivity contribution < 1.29 is 4.52 Å². The Bertz CT molecular complexity index is 869. The summed E-state index contributed by atoms with van der Waals surface area (Å²) < 4.78 is 7.52. The smallest absolute Gasteiger partial charge is 0.257 e. The van der Waals surface area contributed by atoms with Crippen LogP contribution >= 0.6 is 0 Å². The molecule has 1 aromatic carbocycles. The van der Waals surface area contributed by atoms with Crippen LogP contribution in [-0.2, 0) is 19.5 Å². The summed E-state index contributed by atoms with van der Waals surface area (Å²) in [6, 6.07) is 12.1. The van der Waals surface area contributed by atoms with Gasteiger partial charge in [-0.1, -0.05) is 24.2 Å². The van der Waals surface area contributed by atoms with Gasteiger partial charge in [-0.25, -0.2) is 4.99 Å². The first-order valence-electron chi connectivity index (χ1n) is 9.83. The van der Waals surface area contributed by atoms with Crippen molar-refractivity contribution in [1.29, 1.82) is 0 Å². The lowest BCUT2D eigenvalue weighted by atomic mass is 10.1. The minimum atomic E-state index is 0.561. The van der Waals surface area contributed by atoms with Gasteiger partial charge in [-0.3, -0.25) is 0 Å². The van der Waals surface area contributed by atoms with Gasteiger partial charge in [0.15, 0.2) is 11.8 Å². The van der Waals surface area contributed by atoms with Crippen molar-refractivity contribution in [2.75, 3.05) is 13.1 Å². The molecule has 3 rings (SSSR count). The Balaban J connectivity index is 1.61. The van der Waals surface area contributed by atoms with Crippen molar-refractivity contribution in [2.45, 2.75) is 39.8 Å². The molecular formula is C21H28N6O. The molecule has 148 valence electrons. The van der Waals surface area contributed by atoms with Crippen LogP contribution in [0.25, 0.3) is 11.5 Å². The predicted octanol–water partition coefficient (Wildman–Crippen LogP) is 3.25. The zero-order valence-electron chi connectivity index (χ0n) is 16.6. The van der Waals surface area contributed by atoms with E-state index in [9.17, 15) is 0 Å². The van der Waals surface area contributed by atoms with Gasteiger partial charge >= 0.3 is 0 Å². The molecule has 0 bridgehead atoms. The second-order valence-electron chi connectivity index (χ2n) is 6.51. The van der Waals surface area contributed by atoms with Crippen LogP contribution in [0.3, 0.4) is 0 Å². The summed E-state index contributed by atoms with van der Waals surface area (Å²) in [4.78, 5) is 9.15. The molecule has 0 aliphatic rings. The number of hydrogen-bond acceptors (Lipinski definition) is 4. The number of aryl methyl sites for hydroxylation is 1. The lowest BCUT2D eigenvalue weighted by Gasteiger charge is -2.12. The summed E-state index contributed by atoms with van der Waals surface area (Å²) >= 11 is 0. The summed E-state index contributed by atoms with van der Waals surface area (Å²) in [6.45, 7) is 7.25. The van der Waals surface area contributed by atoms with E-state index in [1.54, 1.807) is 0 Å². The molecule has 2 N–H and O–H groups in total. The molecule has 0 atom stereocenters. The van der Waals surface area contributed by atoms with Crippen molar-refractivity contribution >= 4 is 5.96 Å². The predicted molar refractivity (Wildman–Crippen MR) is 111 cm³/mol. The van der Waals surface area contributed by atoms with Crippen LogP contribution < -0.4 is 10.6 Å². The number of nitrogens with zero attached hydrogens (tertiary/aromatic N) is 4. The molecule has 0 fully saturated rings. The third-order valence-electron chi connectivity index (χ3n) is 4.21. The lowest BCUT2D eigenvalue weighted by molar-refractivity contribution is 0.422. The van der Waals surface area contributed by atoms with E-state index in [1.165, 1.54) is 0 Å². The topological polar surface area (TPSA) is 80.3 Å². The molecule has 0 unspecified atom stereocenters. The van der Waals surface area contributed by atoms with Crippen LogP contribution in [-0.4, -0.2) is 33.8 Å². The normalized spacial score (nSPS) is 11.6. The van der Waals surface area contributed by atoms with E-state index in [0.717, 1.165) is 55.4 Å². The summed E-state index contributed by atoms with van der Waals surface area (Å²) in [6.07, 6.45) is 5.94. The fraction of sp³-hybridized carbons (Fsp3) is 0.381. The molecule has 0 aliphatic heterocycles. The van der Waals surface area contributed by atoms with Crippen LogP contribution in [0.4, 0.5) is 0 Å². The minimum Gasteiger partial charge on any atom is -0.357 e. The average Bonchev–Trinajstić information content (AvgIpc) is 3.39. The lowest BCUT2D eigenvalue weighted by Crippen LogP contribution is -2.38. The number of nitrogens with one attached hydrogen (secondary N) is 2. The van der Waals surface area contributed by atoms with E-state index in [0.29, 0.717) is 12.4 Å². The zero-order valence-corrected chi connectivity index (χ0v) is 16.6. The summed E-state index contributed by atoms with van der Waals surface area (Å²) in [5.74, 6) is 2.12. The van der Waals surface area contributed by atoms with E-state index >= 15 is 0 Å². The molecule has 2 aromatic heterocycles. The highest BCUT2D eigenvalue weighted by Crippen LogP contribution is 2.19. The van der Waals surface area contributed by atoms with Gasteiger partial charge in [0.05, 0.1) is 6.54 Å². The van der Waals surface area contributed by atoms with Gasteiger partial charge in [0.25, 0.3) is 5.89 Å². The molecule has 28 heavy (non-hydrogen) atoms. The monoisotopic (exact) mass is 380 g/mol. The quantitative estimate of drug-likeness (QED) is 0.440. The molecule has 0 saturated heterocycles. The third-order valence-corrected chi connectivity index (χ3v) is 4.21. The van der Waals surface area contributed by atoms with Gasteiger partial charge < -0.3 is 19.7 Å². The molecule has 2 heterocycles. The standard InChI is InChI=1S/C21H28N6O/c1-3-8-19-25-20(28-26-19)18-10-7-9-17(15-18)16-24-21(22-4-2)23-11-14-27-12-5-6-13-27/h5-7,9-10,12-13,15H,3-4,8,11,14,16H2,1-2H3,(H2,22,23,24). The summed E-state index contributed by atoms with van der Waals surface area (Å²) in [7, 11) is 0. The molecule has 0 saturated carbocycles. The van der Waals surface area contributed by atoms with Crippen molar-refractivity contribution in [1.82, 2.24) is 25.3 Å². The highest BCUT2D eigenvalue weighted by atomic mass is 16.5. The SMILES string of the molecule is CCCc1noc(-c2cccc(CN=C(NCC)NCCn3cccc3)c2)n1. The molecule has 0 amide bonds. The largest absolute Gasteiger partial charge is 0.357 e. The maximum absolute atomic E-state index is 5.39. The Morgan fingerprint density at radius 1 is 1.14 bits per heavy atom. The van der Waals surface area contributed by atoms with Crippen molar-refractivity contribution in [3.8, 4) is 11.5 Å². The van der Waals surface area contributed by atoms with Crippen molar-refractivity contribution in [3.63, 3.8) is 0 Å². The van der Waals surface area contributed by atoms with E-state index in [2.05, 4.69) is 63.7 Å². The van der Waals surface area contributed by atoms with Crippen molar-refractivity contribution in [3.05, 3.63) is 60.2 Å². The molecular weight excluding hydrogens is 352 g/mol. The Morgan fingerprint density at radius 3 is 2.79 bits per heavy atom. The minimum absolute atomic E-state index is 0.561. The Kier molecular flexibility index (Phi) is 7.23. The van der Waals surface area contributed by atoms with E-state index in [4.69, 9.17) is 9.52 Å². The van der Waals surface area contributed by atoms with Gasteiger partial charge in [-0.15, -0.1) is 0 Å². The number of aromatic nitrogens is 3.